The first-order valence-corrected chi connectivity index (χ1v) is 11.8. The van der Waals surface area contributed by atoms with Gasteiger partial charge in [-0.1, -0.05) is 101 Å². The molecule has 0 aromatic heterocycles. The van der Waals surface area contributed by atoms with Gasteiger partial charge < -0.3 is 10.2 Å². The Kier molecular flexibility index (Phi) is 8.29. The van der Waals surface area contributed by atoms with Gasteiger partial charge in [0.1, 0.15) is 5.75 Å². The molecule has 0 heterocycles. The number of rotatable bonds is 1. The maximum absolute atomic E-state index is 10.7. The number of carbonyl (C=O) groups is 1. The van der Waals surface area contributed by atoms with Crippen LogP contribution < -0.4 is 0 Å². The molecule has 2 N–H and O–H groups in total. The monoisotopic (exact) mass is 454 g/mol. The number of benzene rings is 2. The predicted octanol–water partition coefficient (Wildman–Crippen LogP) is 8.28. The summed E-state index contributed by atoms with van der Waals surface area (Å²) in [6.07, 6.45) is 0. The zero-order valence-corrected chi connectivity index (χ0v) is 23.2. The van der Waals surface area contributed by atoms with Crippen molar-refractivity contribution in [2.75, 3.05) is 0 Å². The van der Waals surface area contributed by atoms with Crippen LogP contribution in [0.25, 0.3) is 0 Å². The quantitative estimate of drug-likeness (QED) is 0.456. The first-order valence-electron chi connectivity index (χ1n) is 11.8. The molecule has 0 aliphatic carbocycles. The zero-order chi connectivity index (χ0) is 26.2. The lowest BCUT2D eigenvalue weighted by Crippen LogP contribution is -2.28. The van der Waals surface area contributed by atoms with E-state index >= 15 is 0 Å². The average molecular weight is 455 g/mol. The highest BCUT2D eigenvalue weighted by Crippen LogP contribution is 2.41. The second-order valence-electron chi connectivity index (χ2n) is 13.3. The lowest BCUT2D eigenvalue weighted by atomic mass is 9.68. The predicted molar refractivity (Wildman–Crippen MR) is 141 cm³/mol. The third-order valence-electron chi connectivity index (χ3n) is 5.70. The highest BCUT2D eigenvalue weighted by molar-refractivity contribution is 5.88. The molecule has 0 aliphatic heterocycles. The summed E-state index contributed by atoms with van der Waals surface area (Å²) >= 11 is 0. The Morgan fingerprint density at radius 2 is 1.03 bits per heavy atom. The molecule has 3 heteroatoms. The van der Waals surface area contributed by atoms with Gasteiger partial charge in [0.15, 0.2) is 0 Å². The molecule has 33 heavy (non-hydrogen) atoms. The van der Waals surface area contributed by atoms with E-state index < -0.39 is 5.97 Å². The normalized spacial score (nSPS) is 12.8. The van der Waals surface area contributed by atoms with Crippen LogP contribution in [0.1, 0.15) is 121 Å². The van der Waals surface area contributed by atoms with Crippen LogP contribution in [0.4, 0.5) is 0 Å². The summed E-state index contributed by atoms with van der Waals surface area (Å²) in [6.45, 7) is 28.9. The fraction of sp³-hybridized carbons (Fsp3) is 0.567. The first-order chi connectivity index (χ1) is 14.6. The van der Waals surface area contributed by atoms with Gasteiger partial charge in [-0.25, -0.2) is 4.79 Å². The highest BCUT2D eigenvalue weighted by atomic mass is 16.4. The number of hydrogen-bond acceptors (Lipinski definition) is 2. The van der Waals surface area contributed by atoms with E-state index in [1.54, 1.807) is 0 Å². The Bertz CT molecular complexity index is 950. The van der Waals surface area contributed by atoms with E-state index in [4.69, 9.17) is 5.11 Å². The molecular weight excluding hydrogens is 408 g/mol. The molecule has 3 nitrogen and oxygen atoms in total. The van der Waals surface area contributed by atoms with Crippen molar-refractivity contribution in [3.8, 4) is 5.75 Å². The van der Waals surface area contributed by atoms with Crippen LogP contribution in [0.3, 0.4) is 0 Å². The summed E-state index contributed by atoms with van der Waals surface area (Å²) in [5, 5.41) is 18.3. The Morgan fingerprint density at radius 3 is 1.33 bits per heavy atom. The number of carboxylic acids is 1. The molecule has 2 aromatic carbocycles. The highest BCUT2D eigenvalue weighted by Gasteiger charge is 2.31. The molecule has 184 valence electrons. The van der Waals surface area contributed by atoms with Crippen LogP contribution in [-0.4, -0.2) is 16.2 Å². The molecule has 2 rings (SSSR count). The maximum Gasteiger partial charge on any atom is 0.335 e. The van der Waals surface area contributed by atoms with Crippen molar-refractivity contribution in [2.45, 2.75) is 112 Å². The van der Waals surface area contributed by atoms with E-state index in [1.807, 2.05) is 20.8 Å². The van der Waals surface area contributed by atoms with Crippen LogP contribution in [-0.2, 0) is 21.7 Å². The molecular formula is C30H46O3. The number of aryl methyl sites for hydroxylation is 1. The molecule has 0 unspecified atom stereocenters. The van der Waals surface area contributed by atoms with Crippen molar-refractivity contribution in [1.82, 2.24) is 0 Å². The summed E-state index contributed by atoms with van der Waals surface area (Å²) in [4.78, 5) is 10.7. The SMILES string of the molecule is CC(C)(C)c1cc(C(=O)O)ccc1O.Cc1cc(C(C)(C)C)c(C(C)(C)C)c(C(C)(C)C)c1. The summed E-state index contributed by atoms with van der Waals surface area (Å²) < 4.78 is 0. The molecule has 0 atom stereocenters. The maximum atomic E-state index is 10.7. The minimum absolute atomic E-state index is 0.141. The fourth-order valence-corrected chi connectivity index (χ4v) is 4.05. The van der Waals surface area contributed by atoms with Gasteiger partial charge in [0.25, 0.3) is 0 Å². The second-order valence-corrected chi connectivity index (χ2v) is 13.3. The van der Waals surface area contributed by atoms with Crippen LogP contribution in [0.2, 0.25) is 0 Å². The van der Waals surface area contributed by atoms with Crippen molar-refractivity contribution in [3.63, 3.8) is 0 Å². The number of hydrogen-bond donors (Lipinski definition) is 2. The van der Waals surface area contributed by atoms with Crippen LogP contribution >= 0.6 is 0 Å². The summed E-state index contributed by atoms with van der Waals surface area (Å²) in [5.41, 5.74) is 7.08. The van der Waals surface area contributed by atoms with Crippen molar-refractivity contribution < 1.29 is 15.0 Å². The van der Waals surface area contributed by atoms with Gasteiger partial charge in [0.2, 0.25) is 0 Å². The van der Waals surface area contributed by atoms with E-state index in [-0.39, 0.29) is 33.0 Å². The minimum Gasteiger partial charge on any atom is -0.508 e. The van der Waals surface area contributed by atoms with E-state index in [2.05, 4.69) is 81.4 Å². The smallest absolute Gasteiger partial charge is 0.335 e. The fourth-order valence-electron chi connectivity index (χ4n) is 4.05. The van der Waals surface area contributed by atoms with Crippen molar-refractivity contribution in [3.05, 3.63) is 63.7 Å². The number of phenols is 1. The topological polar surface area (TPSA) is 57.5 Å². The van der Waals surface area contributed by atoms with E-state index in [9.17, 15) is 9.90 Å². The third-order valence-corrected chi connectivity index (χ3v) is 5.70. The molecule has 0 fully saturated rings. The van der Waals surface area contributed by atoms with Crippen LogP contribution in [0.15, 0.2) is 30.3 Å². The number of phenolic OH excluding ortho intramolecular Hbond substituents is 1. The molecule has 0 saturated heterocycles. The van der Waals surface area contributed by atoms with Gasteiger partial charge in [-0.05, 0) is 63.5 Å². The third kappa shape index (κ3) is 7.62. The van der Waals surface area contributed by atoms with E-state index in [0.717, 1.165) is 0 Å². The number of aromatic carboxylic acids is 1. The van der Waals surface area contributed by atoms with Gasteiger partial charge in [0, 0.05) is 5.56 Å². The molecule has 0 bridgehead atoms. The Morgan fingerprint density at radius 1 is 0.636 bits per heavy atom. The molecule has 0 amide bonds. The van der Waals surface area contributed by atoms with E-state index in [0.29, 0.717) is 5.56 Å². The molecule has 0 aliphatic rings. The lowest BCUT2D eigenvalue weighted by molar-refractivity contribution is 0.0696. The van der Waals surface area contributed by atoms with Crippen LogP contribution in [0, 0.1) is 6.92 Å². The molecule has 0 radical (unpaired) electrons. The molecule has 0 saturated carbocycles. The van der Waals surface area contributed by atoms with Gasteiger partial charge >= 0.3 is 5.97 Å². The van der Waals surface area contributed by atoms with Crippen molar-refractivity contribution in [2.24, 2.45) is 0 Å². The number of carboxylic acid groups (broad SMARTS) is 1. The van der Waals surface area contributed by atoms with Crippen LogP contribution in [0.5, 0.6) is 5.75 Å². The van der Waals surface area contributed by atoms with Crippen molar-refractivity contribution in [1.29, 1.82) is 0 Å². The lowest BCUT2D eigenvalue weighted by Gasteiger charge is -2.36. The second kappa shape index (κ2) is 9.52. The van der Waals surface area contributed by atoms with Crippen molar-refractivity contribution >= 4 is 5.97 Å². The molecule has 0 spiro atoms. The molecule has 2 aromatic rings. The summed E-state index contributed by atoms with van der Waals surface area (Å²) in [7, 11) is 0. The Balaban J connectivity index is 0.000000346. The first kappa shape index (κ1) is 28.7. The Labute approximate surface area is 202 Å². The van der Waals surface area contributed by atoms with Gasteiger partial charge in [-0.2, -0.15) is 0 Å². The zero-order valence-electron chi connectivity index (χ0n) is 23.2. The summed E-state index contributed by atoms with van der Waals surface area (Å²) in [6, 6.07) is 9.10. The van der Waals surface area contributed by atoms with Gasteiger partial charge in [-0.15, -0.1) is 0 Å². The largest absolute Gasteiger partial charge is 0.508 e. The minimum atomic E-state index is -0.976. The van der Waals surface area contributed by atoms with Gasteiger partial charge in [-0.3, -0.25) is 0 Å². The van der Waals surface area contributed by atoms with E-state index in [1.165, 1.54) is 40.5 Å². The summed E-state index contributed by atoms with van der Waals surface area (Å²) in [5.74, 6) is -0.835. The average Bonchev–Trinajstić information content (AvgIpc) is 2.58. The van der Waals surface area contributed by atoms with Gasteiger partial charge in [0.05, 0.1) is 5.56 Å². The number of aromatic hydroxyl groups is 1. The standard InChI is InChI=1S/C19H32.C11H14O3/c1-13-11-14(17(2,3)4)16(19(8,9)10)15(12-13)18(5,6)7;1-11(2,3)8-6-7(10(13)14)4-5-9(8)12/h11-12H,1-10H3;4-6,12H,1-3H3,(H,13,14). The Hall–Kier alpha value is -2.29.